The van der Waals surface area contributed by atoms with Crippen molar-refractivity contribution >= 4 is 11.6 Å². The number of hydrogen-bond acceptors (Lipinski definition) is 3. The van der Waals surface area contributed by atoms with Crippen molar-refractivity contribution < 1.29 is 9.72 Å². The van der Waals surface area contributed by atoms with Crippen LogP contribution in [0.15, 0.2) is 48.5 Å². The van der Waals surface area contributed by atoms with Crippen molar-refractivity contribution in [2.45, 2.75) is 26.3 Å². The van der Waals surface area contributed by atoms with Crippen molar-refractivity contribution in [3.05, 3.63) is 75.3 Å². The average molecular weight is 298 g/mol. The summed E-state index contributed by atoms with van der Waals surface area (Å²) in [5.74, 6) is -0.248. The van der Waals surface area contributed by atoms with E-state index in [0.29, 0.717) is 5.56 Å². The number of amides is 1. The van der Waals surface area contributed by atoms with Gasteiger partial charge in [0.05, 0.1) is 11.0 Å². The fourth-order valence-electron chi connectivity index (χ4n) is 2.14. The first-order valence-electron chi connectivity index (χ1n) is 7.15. The van der Waals surface area contributed by atoms with E-state index in [-0.39, 0.29) is 17.6 Å². The van der Waals surface area contributed by atoms with Gasteiger partial charge < -0.3 is 5.32 Å². The lowest BCUT2D eigenvalue weighted by molar-refractivity contribution is -0.384. The second kappa shape index (κ2) is 6.85. The Kier molecular flexibility index (Phi) is 4.88. The quantitative estimate of drug-likeness (QED) is 0.676. The molecule has 0 saturated heterocycles. The Morgan fingerprint density at radius 2 is 1.73 bits per heavy atom. The van der Waals surface area contributed by atoms with Gasteiger partial charge in [-0.15, -0.1) is 0 Å². The Morgan fingerprint density at radius 3 is 2.23 bits per heavy atom. The highest BCUT2D eigenvalue weighted by molar-refractivity contribution is 5.94. The van der Waals surface area contributed by atoms with Gasteiger partial charge in [-0.1, -0.05) is 31.2 Å². The maximum Gasteiger partial charge on any atom is 0.269 e. The van der Waals surface area contributed by atoms with Crippen LogP contribution in [-0.4, -0.2) is 10.8 Å². The first-order valence-corrected chi connectivity index (χ1v) is 7.15. The maximum absolute atomic E-state index is 12.2. The maximum atomic E-state index is 12.2. The van der Waals surface area contributed by atoms with Gasteiger partial charge in [-0.25, -0.2) is 0 Å². The molecule has 1 N–H and O–H groups in total. The lowest BCUT2D eigenvalue weighted by Crippen LogP contribution is -2.26. The lowest BCUT2D eigenvalue weighted by atomic mass is 10.0. The zero-order chi connectivity index (χ0) is 16.1. The Balaban J connectivity index is 2.05. The average Bonchev–Trinajstić information content (AvgIpc) is 2.54. The minimum absolute atomic E-state index is 0.0280. The molecule has 0 bridgehead atoms. The predicted molar refractivity (Wildman–Crippen MR) is 84.8 cm³/mol. The monoisotopic (exact) mass is 298 g/mol. The zero-order valence-corrected chi connectivity index (χ0v) is 12.6. The van der Waals surface area contributed by atoms with Crippen LogP contribution in [0.2, 0.25) is 0 Å². The van der Waals surface area contributed by atoms with Gasteiger partial charge in [0.25, 0.3) is 11.6 Å². The molecule has 1 unspecified atom stereocenters. The molecule has 0 fully saturated rings. The highest BCUT2D eigenvalue weighted by Gasteiger charge is 2.13. The molecule has 0 saturated carbocycles. The Labute approximate surface area is 129 Å². The van der Waals surface area contributed by atoms with Gasteiger partial charge in [0, 0.05) is 17.7 Å². The second-order valence-electron chi connectivity index (χ2n) is 5.09. The number of rotatable bonds is 5. The van der Waals surface area contributed by atoms with Gasteiger partial charge in [-0.3, -0.25) is 14.9 Å². The summed E-state index contributed by atoms with van der Waals surface area (Å²) in [6, 6.07) is 13.5. The van der Waals surface area contributed by atoms with Gasteiger partial charge in [0.1, 0.15) is 0 Å². The fraction of sp³-hybridized carbons (Fsp3) is 0.235. The zero-order valence-electron chi connectivity index (χ0n) is 12.6. The largest absolute Gasteiger partial charge is 0.346 e. The molecule has 0 aliphatic rings. The van der Waals surface area contributed by atoms with Crippen LogP contribution in [0.4, 0.5) is 5.69 Å². The lowest BCUT2D eigenvalue weighted by Gasteiger charge is -2.14. The number of hydrogen-bond donors (Lipinski definition) is 1. The number of aryl methyl sites for hydroxylation is 1. The van der Waals surface area contributed by atoms with Crippen molar-refractivity contribution in [3.8, 4) is 0 Å². The van der Waals surface area contributed by atoms with E-state index in [9.17, 15) is 14.9 Å². The van der Waals surface area contributed by atoms with E-state index < -0.39 is 4.92 Å². The van der Waals surface area contributed by atoms with Crippen molar-refractivity contribution in [2.75, 3.05) is 0 Å². The molecular formula is C17H18N2O3. The van der Waals surface area contributed by atoms with Crippen LogP contribution in [0, 0.1) is 10.1 Å². The molecule has 2 aromatic carbocycles. The molecule has 2 aromatic rings. The molecule has 5 nitrogen and oxygen atoms in total. The van der Waals surface area contributed by atoms with E-state index >= 15 is 0 Å². The molecule has 0 radical (unpaired) electrons. The highest BCUT2D eigenvalue weighted by Crippen LogP contribution is 2.16. The fourth-order valence-corrected chi connectivity index (χ4v) is 2.14. The Morgan fingerprint density at radius 1 is 1.14 bits per heavy atom. The molecule has 114 valence electrons. The molecule has 1 atom stereocenters. The standard InChI is InChI=1S/C17H18N2O3/c1-3-13-4-6-14(7-5-13)12(2)18-17(20)15-8-10-16(11-9-15)19(21)22/h4-12H,3H2,1-2H3,(H,18,20). The van der Waals surface area contributed by atoms with Gasteiger partial charge in [-0.05, 0) is 36.6 Å². The SMILES string of the molecule is CCc1ccc(C(C)NC(=O)c2ccc([N+](=O)[O-])cc2)cc1. The number of non-ortho nitro benzene ring substituents is 1. The van der Waals surface area contributed by atoms with Crippen molar-refractivity contribution in [3.63, 3.8) is 0 Å². The van der Waals surface area contributed by atoms with Crippen molar-refractivity contribution in [1.82, 2.24) is 5.32 Å². The third kappa shape index (κ3) is 3.69. The first kappa shape index (κ1) is 15.7. The summed E-state index contributed by atoms with van der Waals surface area (Å²) < 4.78 is 0. The van der Waals surface area contributed by atoms with Gasteiger partial charge >= 0.3 is 0 Å². The Bertz CT molecular complexity index is 663. The molecule has 1 amide bonds. The van der Waals surface area contributed by atoms with Crippen molar-refractivity contribution in [2.24, 2.45) is 0 Å². The normalized spacial score (nSPS) is 11.7. The molecule has 0 heterocycles. The summed E-state index contributed by atoms with van der Waals surface area (Å²) in [6.07, 6.45) is 0.976. The van der Waals surface area contributed by atoms with Crippen LogP contribution in [0.25, 0.3) is 0 Å². The van der Waals surface area contributed by atoms with E-state index in [1.807, 2.05) is 31.2 Å². The summed E-state index contributed by atoms with van der Waals surface area (Å²) >= 11 is 0. The van der Waals surface area contributed by atoms with Crippen LogP contribution >= 0.6 is 0 Å². The summed E-state index contributed by atoms with van der Waals surface area (Å²) in [5, 5.41) is 13.5. The van der Waals surface area contributed by atoms with E-state index in [2.05, 4.69) is 12.2 Å². The molecule has 0 aliphatic heterocycles. The summed E-state index contributed by atoms with van der Waals surface area (Å²) in [6.45, 7) is 4.00. The first-order chi connectivity index (χ1) is 10.5. The van der Waals surface area contributed by atoms with Crippen molar-refractivity contribution in [1.29, 1.82) is 0 Å². The molecule has 2 rings (SSSR count). The third-order valence-electron chi connectivity index (χ3n) is 3.58. The number of nitro benzene ring substituents is 1. The van der Waals surface area contributed by atoms with Gasteiger partial charge in [-0.2, -0.15) is 0 Å². The molecular weight excluding hydrogens is 280 g/mol. The summed E-state index contributed by atoms with van der Waals surface area (Å²) in [7, 11) is 0. The van der Waals surface area contributed by atoms with Crippen LogP contribution in [0.5, 0.6) is 0 Å². The highest BCUT2D eigenvalue weighted by atomic mass is 16.6. The van der Waals surface area contributed by atoms with E-state index in [0.717, 1.165) is 12.0 Å². The smallest absolute Gasteiger partial charge is 0.269 e. The molecule has 5 heteroatoms. The summed E-state index contributed by atoms with van der Waals surface area (Å²) in [4.78, 5) is 22.3. The minimum atomic E-state index is -0.487. The van der Waals surface area contributed by atoms with E-state index in [4.69, 9.17) is 0 Å². The van der Waals surface area contributed by atoms with Crippen LogP contribution in [0.1, 0.15) is 41.4 Å². The molecule has 22 heavy (non-hydrogen) atoms. The number of benzene rings is 2. The number of nitrogens with zero attached hydrogens (tertiary/aromatic N) is 1. The predicted octanol–water partition coefficient (Wildman–Crippen LogP) is 3.65. The van der Waals surface area contributed by atoms with Gasteiger partial charge in [0.15, 0.2) is 0 Å². The molecule has 0 spiro atoms. The van der Waals surface area contributed by atoms with E-state index in [1.165, 1.54) is 29.8 Å². The number of nitro groups is 1. The minimum Gasteiger partial charge on any atom is -0.346 e. The number of carbonyl (C=O) groups is 1. The second-order valence-corrected chi connectivity index (χ2v) is 5.09. The molecule has 0 aliphatic carbocycles. The van der Waals surface area contributed by atoms with Crippen LogP contribution in [-0.2, 0) is 6.42 Å². The van der Waals surface area contributed by atoms with Gasteiger partial charge in [0.2, 0.25) is 0 Å². The number of carbonyl (C=O) groups excluding carboxylic acids is 1. The topological polar surface area (TPSA) is 72.2 Å². The summed E-state index contributed by atoms with van der Waals surface area (Å²) in [5.41, 5.74) is 2.65. The van der Waals surface area contributed by atoms with Crippen LogP contribution in [0.3, 0.4) is 0 Å². The van der Waals surface area contributed by atoms with E-state index in [1.54, 1.807) is 0 Å². The number of nitrogens with one attached hydrogen (secondary N) is 1. The Hall–Kier alpha value is -2.69. The molecule has 0 aromatic heterocycles. The van der Waals surface area contributed by atoms with Crippen LogP contribution < -0.4 is 5.32 Å². The third-order valence-corrected chi connectivity index (χ3v) is 3.58.